The number of aliphatic hydroxyl groups excluding tert-OH is 1. The van der Waals surface area contributed by atoms with E-state index in [1.54, 1.807) is 9.80 Å². The zero-order valence-electron chi connectivity index (χ0n) is 11.2. The number of likely N-dealkylation sites (tertiary alicyclic amines) is 1. The van der Waals surface area contributed by atoms with E-state index in [1.165, 1.54) is 0 Å². The van der Waals surface area contributed by atoms with Gasteiger partial charge in [0, 0.05) is 26.1 Å². The van der Waals surface area contributed by atoms with Crippen LogP contribution < -0.4 is 0 Å². The molecule has 0 aromatic heterocycles. The van der Waals surface area contributed by atoms with Gasteiger partial charge in [-0.25, -0.2) is 0 Å². The molecule has 2 heterocycles. The molecule has 0 aliphatic carbocycles. The van der Waals surface area contributed by atoms with Gasteiger partial charge in [0.15, 0.2) is 0 Å². The highest BCUT2D eigenvalue weighted by atomic mass is 16.5. The average Bonchev–Trinajstić information content (AvgIpc) is 2.64. The fraction of sp³-hybridized carbons (Fsp3) is 0.846. The summed E-state index contributed by atoms with van der Waals surface area (Å²) in [5, 5.41) is 9.06. The van der Waals surface area contributed by atoms with Gasteiger partial charge >= 0.3 is 0 Å². The minimum Gasteiger partial charge on any atom is -0.394 e. The Kier molecular flexibility index (Phi) is 5.15. The summed E-state index contributed by atoms with van der Waals surface area (Å²) in [5.74, 6) is 0.0369. The summed E-state index contributed by atoms with van der Waals surface area (Å²) in [5.41, 5.74) is 0. The van der Waals surface area contributed by atoms with E-state index < -0.39 is 0 Å². The number of carbonyl (C=O) groups excluding carboxylic acids is 2. The summed E-state index contributed by atoms with van der Waals surface area (Å²) in [6, 6.07) is 0. The third-order valence-corrected chi connectivity index (χ3v) is 3.69. The summed E-state index contributed by atoms with van der Waals surface area (Å²) < 4.78 is 5.31. The van der Waals surface area contributed by atoms with E-state index in [0.29, 0.717) is 32.7 Å². The third-order valence-electron chi connectivity index (χ3n) is 3.69. The Morgan fingerprint density at radius 2 is 2.16 bits per heavy atom. The number of amides is 2. The first-order valence-corrected chi connectivity index (χ1v) is 6.98. The summed E-state index contributed by atoms with van der Waals surface area (Å²) in [7, 11) is 0. The minimum absolute atomic E-state index is 0.0444. The first-order valence-electron chi connectivity index (χ1n) is 6.98. The molecule has 1 atom stereocenters. The monoisotopic (exact) mass is 270 g/mol. The number of carbonyl (C=O) groups is 2. The van der Waals surface area contributed by atoms with Crippen molar-refractivity contribution in [3.05, 3.63) is 0 Å². The molecule has 2 aliphatic rings. The molecule has 2 aliphatic heterocycles. The fourth-order valence-corrected chi connectivity index (χ4v) is 2.53. The van der Waals surface area contributed by atoms with Gasteiger partial charge in [-0.15, -0.1) is 0 Å². The number of rotatable bonds is 3. The average molecular weight is 270 g/mol. The molecule has 0 bridgehead atoms. The van der Waals surface area contributed by atoms with E-state index in [1.807, 2.05) is 0 Å². The second-order valence-corrected chi connectivity index (χ2v) is 5.14. The molecule has 2 amide bonds. The van der Waals surface area contributed by atoms with Crippen molar-refractivity contribution in [1.82, 2.24) is 9.80 Å². The van der Waals surface area contributed by atoms with Crippen LogP contribution in [-0.2, 0) is 14.3 Å². The second-order valence-electron chi connectivity index (χ2n) is 5.14. The molecule has 2 rings (SSSR count). The second kappa shape index (κ2) is 6.86. The van der Waals surface area contributed by atoms with Gasteiger partial charge in [-0.3, -0.25) is 9.59 Å². The minimum atomic E-state index is -0.294. The lowest BCUT2D eigenvalue weighted by molar-refractivity contribution is -0.145. The van der Waals surface area contributed by atoms with E-state index >= 15 is 0 Å². The van der Waals surface area contributed by atoms with E-state index in [2.05, 4.69) is 0 Å². The standard InChI is InChI=1S/C13H22N2O4/c16-10-11-8-15(6-7-19-11)13(18)9-14-5-3-1-2-4-12(14)17/h11,16H,1-10H2. The molecule has 108 valence electrons. The number of hydrogen-bond donors (Lipinski definition) is 1. The smallest absolute Gasteiger partial charge is 0.242 e. The molecule has 2 fully saturated rings. The van der Waals surface area contributed by atoms with Crippen LogP contribution in [0.4, 0.5) is 0 Å². The van der Waals surface area contributed by atoms with Crippen molar-refractivity contribution in [2.24, 2.45) is 0 Å². The Morgan fingerprint density at radius 1 is 1.32 bits per heavy atom. The lowest BCUT2D eigenvalue weighted by Gasteiger charge is -2.33. The molecule has 6 heteroatoms. The number of hydrogen-bond acceptors (Lipinski definition) is 4. The van der Waals surface area contributed by atoms with E-state index in [4.69, 9.17) is 9.84 Å². The summed E-state index contributed by atoms with van der Waals surface area (Å²) in [4.78, 5) is 27.4. The maximum absolute atomic E-state index is 12.2. The van der Waals surface area contributed by atoms with Gasteiger partial charge in [0.25, 0.3) is 0 Å². The van der Waals surface area contributed by atoms with Gasteiger partial charge in [-0.2, -0.15) is 0 Å². The first-order chi connectivity index (χ1) is 9.20. The first kappa shape index (κ1) is 14.3. The van der Waals surface area contributed by atoms with Gasteiger partial charge < -0.3 is 19.6 Å². The predicted molar refractivity (Wildman–Crippen MR) is 68.5 cm³/mol. The van der Waals surface area contributed by atoms with Gasteiger partial charge in [0.2, 0.25) is 11.8 Å². The molecule has 6 nitrogen and oxygen atoms in total. The van der Waals surface area contributed by atoms with Crippen molar-refractivity contribution in [2.75, 3.05) is 39.4 Å². The molecule has 0 spiro atoms. The summed E-state index contributed by atoms with van der Waals surface area (Å²) in [6.07, 6.45) is 3.21. The van der Waals surface area contributed by atoms with E-state index in [-0.39, 0.29) is 31.1 Å². The Labute approximate surface area is 113 Å². The molecule has 19 heavy (non-hydrogen) atoms. The van der Waals surface area contributed by atoms with Crippen LogP contribution in [0.1, 0.15) is 25.7 Å². The van der Waals surface area contributed by atoms with Crippen LogP contribution in [0.15, 0.2) is 0 Å². The van der Waals surface area contributed by atoms with Crippen LogP contribution in [0.2, 0.25) is 0 Å². The van der Waals surface area contributed by atoms with E-state index in [9.17, 15) is 9.59 Å². The number of nitrogens with zero attached hydrogens (tertiary/aromatic N) is 2. The summed E-state index contributed by atoms with van der Waals surface area (Å²) >= 11 is 0. The molecule has 0 radical (unpaired) electrons. The van der Waals surface area contributed by atoms with Crippen molar-refractivity contribution in [1.29, 1.82) is 0 Å². The number of morpholine rings is 1. The van der Waals surface area contributed by atoms with Crippen molar-refractivity contribution < 1.29 is 19.4 Å². The van der Waals surface area contributed by atoms with Crippen LogP contribution >= 0.6 is 0 Å². The molecular weight excluding hydrogens is 248 g/mol. The molecule has 1 N–H and O–H groups in total. The van der Waals surface area contributed by atoms with Crippen LogP contribution in [0.25, 0.3) is 0 Å². The number of aliphatic hydroxyl groups is 1. The molecule has 1 unspecified atom stereocenters. The van der Waals surface area contributed by atoms with Crippen molar-refractivity contribution >= 4 is 11.8 Å². The maximum atomic E-state index is 12.2. The SMILES string of the molecule is O=C1CCCCCN1CC(=O)N1CCOC(CO)C1. The quantitative estimate of drug-likeness (QED) is 0.758. The van der Waals surface area contributed by atoms with Gasteiger partial charge in [-0.05, 0) is 12.8 Å². The Morgan fingerprint density at radius 3 is 2.95 bits per heavy atom. The lowest BCUT2D eigenvalue weighted by atomic mass is 10.2. The van der Waals surface area contributed by atoms with Crippen LogP contribution in [0, 0.1) is 0 Å². The zero-order valence-corrected chi connectivity index (χ0v) is 11.2. The highest BCUT2D eigenvalue weighted by Crippen LogP contribution is 2.12. The Bertz CT molecular complexity index is 335. The Hall–Kier alpha value is -1.14. The normalized spacial score (nSPS) is 25.3. The molecule has 0 aromatic rings. The Balaban J connectivity index is 1.87. The van der Waals surface area contributed by atoms with Crippen molar-refractivity contribution in [3.8, 4) is 0 Å². The lowest BCUT2D eigenvalue weighted by Crippen LogP contribution is -2.50. The van der Waals surface area contributed by atoms with Crippen molar-refractivity contribution in [2.45, 2.75) is 31.8 Å². The highest BCUT2D eigenvalue weighted by Gasteiger charge is 2.26. The van der Waals surface area contributed by atoms with Crippen LogP contribution in [0.3, 0.4) is 0 Å². The van der Waals surface area contributed by atoms with Gasteiger partial charge in [0.1, 0.15) is 0 Å². The van der Waals surface area contributed by atoms with Crippen LogP contribution in [0.5, 0.6) is 0 Å². The highest BCUT2D eigenvalue weighted by molar-refractivity contribution is 5.85. The molecular formula is C13H22N2O4. The molecule has 0 saturated carbocycles. The number of ether oxygens (including phenoxy) is 1. The largest absolute Gasteiger partial charge is 0.394 e. The summed E-state index contributed by atoms with van der Waals surface area (Å²) in [6.45, 7) is 2.17. The van der Waals surface area contributed by atoms with Crippen LogP contribution in [-0.4, -0.2) is 72.2 Å². The zero-order chi connectivity index (χ0) is 13.7. The maximum Gasteiger partial charge on any atom is 0.242 e. The van der Waals surface area contributed by atoms with E-state index in [0.717, 1.165) is 19.3 Å². The van der Waals surface area contributed by atoms with Gasteiger partial charge in [0.05, 0.1) is 25.9 Å². The topological polar surface area (TPSA) is 70.1 Å². The molecule has 0 aromatic carbocycles. The van der Waals surface area contributed by atoms with Crippen molar-refractivity contribution in [3.63, 3.8) is 0 Å². The third kappa shape index (κ3) is 3.91. The van der Waals surface area contributed by atoms with Gasteiger partial charge in [-0.1, -0.05) is 6.42 Å². The molecule has 2 saturated heterocycles. The fourth-order valence-electron chi connectivity index (χ4n) is 2.53. The predicted octanol–water partition coefficient (Wildman–Crippen LogP) is -0.391.